The summed E-state index contributed by atoms with van der Waals surface area (Å²) in [7, 11) is 0. The standard InChI is InChI=1S/C17H21F2N3O5/c1-9-4-11(16(24)25)7-22(6-9)17(26)21-12-5-10(15(20)23)2-3-13(12)27-8-14(18)19/h2-3,5,9,11,14H,4,6-8H2,1H3,(H2,20,23)(H,21,26)(H,24,25). The molecular weight excluding hydrogens is 364 g/mol. The zero-order chi connectivity index (χ0) is 20.1. The molecule has 0 bridgehead atoms. The van der Waals surface area contributed by atoms with Crippen LogP contribution in [0.5, 0.6) is 5.75 Å². The summed E-state index contributed by atoms with van der Waals surface area (Å²) in [4.78, 5) is 36.5. The maximum absolute atomic E-state index is 12.6. The number of rotatable bonds is 6. The summed E-state index contributed by atoms with van der Waals surface area (Å²) in [6.07, 6.45) is -2.26. The number of carboxylic acid groups (broad SMARTS) is 1. The number of likely N-dealkylation sites (tertiary alicyclic amines) is 1. The third-order valence-electron chi connectivity index (χ3n) is 4.17. The van der Waals surface area contributed by atoms with Crippen LogP contribution < -0.4 is 15.8 Å². The first kappa shape index (κ1) is 20.4. The van der Waals surface area contributed by atoms with Gasteiger partial charge in [-0.25, -0.2) is 13.6 Å². The number of carbonyl (C=O) groups is 3. The first-order valence-corrected chi connectivity index (χ1v) is 8.31. The maximum Gasteiger partial charge on any atom is 0.321 e. The Morgan fingerprint density at radius 2 is 2.07 bits per heavy atom. The van der Waals surface area contributed by atoms with Crippen LogP contribution in [-0.2, 0) is 4.79 Å². The average Bonchev–Trinajstić information content (AvgIpc) is 2.59. The maximum atomic E-state index is 12.6. The molecule has 10 heteroatoms. The molecule has 0 aromatic heterocycles. The number of halogens is 2. The molecule has 27 heavy (non-hydrogen) atoms. The van der Waals surface area contributed by atoms with Gasteiger partial charge in [-0.1, -0.05) is 6.92 Å². The number of carboxylic acids is 1. The topological polar surface area (TPSA) is 122 Å². The molecule has 3 amide bonds. The van der Waals surface area contributed by atoms with Gasteiger partial charge in [0.05, 0.1) is 11.6 Å². The highest BCUT2D eigenvalue weighted by molar-refractivity contribution is 5.97. The molecule has 8 nitrogen and oxygen atoms in total. The van der Waals surface area contributed by atoms with Gasteiger partial charge < -0.3 is 25.8 Å². The second-order valence-corrected chi connectivity index (χ2v) is 6.49. The molecule has 2 atom stereocenters. The van der Waals surface area contributed by atoms with Gasteiger partial charge in [-0.3, -0.25) is 9.59 Å². The summed E-state index contributed by atoms with van der Waals surface area (Å²) < 4.78 is 29.8. The number of anilines is 1. The molecule has 148 valence electrons. The van der Waals surface area contributed by atoms with Crippen LogP contribution in [0.1, 0.15) is 23.7 Å². The van der Waals surface area contributed by atoms with E-state index in [9.17, 15) is 28.3 Å². The predicted molar refractivity (Wildman–Crippen MR) is 92.0 cm³/mol. The van der Waals surface area contributed by atoms with Gasteiger partial charge in [-0.15, -0.1) is 0 Å². The summed E-state index contributed by atoms with van der Waals surface area (Å²) in [6.45, 7) is 1.31. The van der Waals surface area contributed by atoms with Crippen molar-refractivity contribution < 1.29 is 33.0 Å². The molecule has 4 N–H and O–H groups in total. The van der Waals surface area contributed by atoms with Crippen LogP contribution in [-0.4, -0.2) is 54.0 Å². The van der Waals surface area contributed by atoms with Gasteiger partial charge >= 0.3 is 12.0 Å². The summed E-state index contributed by atoms with van der Waals surface area (Å²) >= 11 is 0. The van der Waals surface area contributed by atoms with Gasteiger partial charge in [0.15, 0.2) is 0 Å². The number of ether oxygens (including phenoxy) is 1. The third kappa shape index (κ3) is 5.53. The Bertz CT molecular complexity index is 729. The Morgan fingerprint density at radius 1 is 1.37 bits per heavy atom. The number of urea groups is 1. The highest BCUT2D eigenvalue weighted by atomic mass is 19.3. The van der Waals surface area contributed by atoms with Crippen molar-refractivity contribution in [2.45, 2.75) is 19.8 Å². The lowest BCUT2D eigenvalue weighted by Crippen LogP contribution is -2.47. The number of carbonyl (C=O) groups excluding carboxylic acids is 2. The highest BCUT2D eigenvalue weighted by Crippen LogP contribution is 2.28. The van der Waals surface area contributed by atoms with E-state index in [-0.39, 0.29) is 29.5 Å². The van der Waals surface area contributed by atoms with Crippen molar-refractivity contribution in [3.63, 3.8) is 0 Å². The molecule has 2 unspecified atom stereocenters. The van der Waals surface area contributed by atoms with Gasteiger partial charge in [0, 0.05) is 18.7 Å². The summed E-state index contributed by atoms with van der Waals surface area (Å²) in [5.74, 6) is -2.50. The second-order valence-electron chi connectivity index (χ2n) is 6.49. The van der Waals surface area contributed by atoms with Crippen LogP contribution in [0.2, 0.25) is 0 Å². The minimum absolute atomic E-state index is 0.00190. The highest BCUT2D eigenvalue weighted by Gasteiger charge is 2.32. The van der Waals surface area contributed by atoms with Crippen molar-refractivity contribution in [3.05, 3.63) is 23.8 Å². The SMILES string of the molecule is CC1CC(C(=O)O)CN(C(=O)Nc2cc(C(N)=O)ccc2OCC(F)F)C1. The number of amides is 3. The smallest absolute Gasteiger partial charge is 0.321 e. The number of hydrogen-bond donors (Lipinski definition) is 3. The number of benzene rings is 1. The first-order valence-electron chi connectivity index (χ1n) is 8.31. The molecule has 1 aliphatic rings. The Morgan fingerprint density at radius 3 is 2.67 bits per heavy atom. The van der Waals surface area contributed by atoms with Crippen molar-refractivity contribution in [1.29, 1.82) is 0 Å². The molecule has 0 spiro atoms. The molecule has 1 aromatic carbocycles. The van der Waals surface area contributed by atoms with E-state index >= 15 is 0 Å². The number of nitrogens with two attached hydrogens (primary N) is 1. The summed E-state index contributed by atoms with van der Waals surface area (Å²) in [5.41, 5.74) is 5.27. The average molecular weight is 385 g/mol. The Hall–Kier alpha value is -2.91. The van der Waals surface area contributed by atoms with Gasteiger partial charge in [-0.05, 0) is 30.5 Å². The van der Waals surface area contributed by atoms with Crippen LogP contribution in [0.4, 0.5) is 19.3 Å². The number of primary amides is 1. The van der Waals surface area contributed by atoms with E-state index in [4.69, 9.17) is 10.5 Å². The van der Waals surface area contributed by atoms with Crippen molar-refractivity contribution in [2.75, 3.05) is 25.0 Å². The van der Waals surface area contributed by atoms with Gasteiger partial charge in [-0.2, -0.15) is 0 Å². The van der Waals surface area contributed by atoms with Crippen LogP contribution in [0, 0.1) is 11.8 Å². The van der Waals surface area contributed by atoms with E-state index in [1.54, 1.807) is 0 Å². The van der Waals surface area contributed by atoms with E-state index in [1.165, 1.54) is 23.1 Å². The lowest BCUT2D eigenvalue weighted by Gasteiger charge is -2.34. The van der Waals surface area contributed by atoms with E-state index < -0.39 is 36.9 Å². The third-order valence-corrected chi connectivity index (χ3v) is 4.17. The number of piperidine rings is 1. The van der Waals surface area contributed by atoms with E-state index in [1.807, 2.05) is 6.92 Å². The molecule has 2 rings (SSSR count). The van der Waals surface area contributed by atoms with Crippen LogP contribution >= 0.6 is 0 Å². The quantitative estimate of drug-likeness (QED) is 0.691. The zero-order valence-corrected chi connectivity index (χ0v) is 14.7. The fourth-order valence-corrected chi connectivity index (χ4v) is 2.95. The number of hydrogen-bond acceptors (Lipinski definition) is 4. The minimum atomic E-state index is -2.72. The van der Waals surface area contributed by atoms with Gasteiger partial charge in [0.2, 0.25) is 5.91 Å². The molecular formula is C17H21F2N3O5. The Labute approximate surface area is 154 Å². The van der Waals surface area contributed by atoms with E-state index in [2.05, 4.69) is 5.32 Å². The normalized spacial score (nSPS) is 19.6. The molecule has 1 aliphatic heterocycles. The van der Waals surface area contributed by atoms with Crippen molar-refractivity contribution in [2.24, 2.45) is 17.6 Å². The van der Waals surface area contributed by atoms with Crippen molar-refractivity contribution in [3.8, 4) is 5.75 Å². The van der Waals surface area contributed by atoms with Crippen molar-refractivity contribution >= 4 is 23.6 Å². The number of nitrogens with one attached hydrogen (secondary N) is 1. The first-order chi connectivity index (χ1) is 12.7. The molecule has 0 radical (unpaired) electrons. The number of alkyl halides is 2. The van der Waals surface area contributed by atoms with Gasteiger partial charge in [0.25, 0.3) is 6.43 Å². The van der Waals surface area contributed by atoms with Crippen LogP contribution in [0.25, 0.3) is 0 Å². The monoisotopic (exact) mass is 385 g/mol. The molecule has 1 saturated heterocycles. The van der Waals surface area contributed by atoms with E-state index in [0.29, 0.717) is 13.0 Å². The van der Waals surface area contributed by atoms with Crippen LogP contribution in [0.15, 0.2) is 18.2 Å². The lowest BCUT2D eigenvalue weighted by atomic mass is 9.91. The van der Waals surface area contributed by atoms with Crippen molar-refractivity contribution in [1.82, 2.24) is 4.90 Å². The Balaban J connectivity index is 2.20. The molecule has 0 saturated carbocycles. The largest absolute Gasteiger partial charge is 0.485 e. The predicted octanol–water partition coefficient (Wildman–Crippen LogP) is 2.00. The zero-order valence-electron chi connectivity index (χ0n) is 14.7. The fourth-order valence-electron chi connectivity index (χ4n) is 2.95. The summed E-state index contributed by atoms with van der Waals surface area (Å²) in [5, 5.41) is 11.7. The number of aliphatic carboxylic acids is 1. The van der Waals surface area contributed by atoms with Gasteiger partial charge in [0.1, 0.15) is 12.4 Å². The minimum Gasteiger partial charge on any atom is -0.485 e. The van der Waals surface area contributed by atoms with Crippen LogP contribution in [0.3, 0.4) is 0 Å². The summed E-state index contributed by atoms with van der Waals surface area (Å²) in [6, 6.07) is 3.17. The Kier molecular flexibility index (Phi) is 6.54. The lowest BCUT2D eigenvalue weighted by molar-refractivity contribution is -0.143. The van der Waals surface area contributed by atoms with E-state index in [0.717, 1.165) is 0 Å². The molecule has 1 aromatic rings. The number of nitrogens with zero attached hydrogens (tertiary/aromatic N) is 1. The molecule has 1 fully saturated rings. The molecule has 0 aliphatic carbocycles. The second kappa shape index (κ2) is 8.65. The fraction of sp³-hybridized carbons (Fsp3) is 0.471. The molecule has 1 heterocycles.